The molecule has 0 radical (unpaired) electrons. The summed E-state index contributed by atoms with van der Waals surface area (Å²) in [5.74, 6) is 0.581. The fourth-order valence-electron chi connectivity index (χ4n) is 2.20. The van der Waals surface area contributed by atoms with E-state index in [9.17, 15) is 0 Å². The van der Waals surface area contributed by atoms with Gasteiger partial charge < -0.3 is 10.6 Å². The SMILES string of the molecule is NC(=Nc1ccccc1)N1Cc2ccccc2C1. The van der Waals surface area contributed by atoms with Crippen molar-refractivity contribution < 1.29 is 0 Å². The Morgan fingerprint density at radius 3 is 2.06 bits per heavy atom. The molecule has 1 aliphatic heterocycles. The van der Waals surface area contributed by atoms with Crippen LogP contribution in [0, 0.1) is 0 Å². The first-order valence-electron chi connectivity index (χ1n) is 6.04. The maximum Gasteiger partial charge on any atom is 0.197 e. The number of hydrogen-bond donors (Lipinski definition) is 1. The highest BCUT2D eigenvalue weighted by Crippen LogP contribution is 2.22. The molecule has 0 unspecified atom stereocenters. The lowest BCUT2D eigenvalue weighted by Crippen LogP contribution is -2.32. The van der Waals surface area contributed by atoms with Gasteiger partial charge in [0.05, 0.1) is 5.69 Å². The van der Waals surface area contributed by atoms with Gasteiger partial charge in [-0.2, -0.15) is 0 Å². The van der Waals surface area contributed by atoms with Crippen LogP contribution in [-0.4, -0.2) is 10.9 Å². The van der Waals surface area contributed by atoms with Crippen molar-refractivity contribution in [2.75, 3.05) is 0 Å². The van der Waals surface area contributed by atoms with Crippen LogP contribution in [0.3, 0.4) is 0 Å². The Kier molecular flexibility index (Phi) is 2.73. The van der Waals surface area contributed by atoms with Crippen LogP contribution in [0.25, 0.3) is 0 Å². The van der Waals surface area contributed by atoms with Gasteiger partial charge in [-0.05, 0) is 23.3 Å². The molecule has 0 atom stereocenters. The Morgan fingerprint density at radius 1 is 0.889 bits per heavy atom. The second kappa shape index (κ2) is 4.53. The Bertz CT molecular complexity index is 550. The molecule has 3 nitrogen and oxygen atoms in total. The van der Waals surface area contributed by atoms with Gasteiger partial charge in [0, 0.05) is 13.1 Å². The quantitative estimate of drug-likeness (QED) is 0.612. The molecule has 0 amide bonds. The molecule has 1 aliphatic rings. The maximum absolute atomic E-state index is 6.07. The predicted molar refractivity (Wildman–Crippen MR) is 73.4 cm³/mol. The molecule has 3 heteroatoms. The van der Waals surface area contributed by atoms with Crippen LogP contribution in [0.5, 0.6) is 0 Å². The van der Waals surface area contributed by atoms with E-state index in [0.29, 0.717) is 5.96 Å². The zero-order valence-electron chi connectivity index (χ0n) is 10.1. The number of benzene rings is 2. The molecule has 0 saturated carbocycles. The monoisotopic (exact) mass is 237 g/mol. The van der Waals surface area contributed by atoms with Crippen molar-refractivity contribution in [1.29, 1.82) is 0 Å². The van der Waals surface area contributed by atoms with Crippen molar-refractivity contribution in [2.45, 2.75) is 13.1 Å². The number of nitrogens with two attached hydrogens (primary N) is 1. The second-order valence-electron chi connectivity index (χ2n) is 4.43. The Hall–Kier alpha value is -2.29. The minimum absolute atomic E-state index is 0.581. The average Bonchev–Trinajstić information content (AvgIpc) is 2.84. The summed E-state index contributed by atoms with van der Waals surface area (Å²) in [5.41, 5.74) is 9.63. The van der Waals surface area contributed by atoms with E-state index < -0.39 is 0 Å². The molecule has 1 heterocycles. The summed E-state index contributed by atoms with van der Waals surface area (Å²) in [6.45, 7) is 1.69. The number of guanidine groups is 1. The van der Waals surface area contributed by atoms with Crippen molar-refractivity contribution in [3.05, 3.63) is 65.7 Å². The van der Waals surface area contributed by atoms with E-state index in [0.717, 1.165) is 18.8 Å². The van der Waals surface area contributed by atoms with Crippen LogP contribution in [-0.2, 0) is 13.1 Å². The Morgan fingerprint density at radius 2 is 1.44 bits per heavy atom. The normalized spacial score (nSPS) is 14.7. The molecule has 90 valence electrons. The first kappa shape index (κ1) is 10.8. The summed E-state index contributed by atoms with van der Waals surface area (Å²) >= 11 is 0. The highest BCUT2D eigenvalue weighted by Gasteiger charge is 2.19. The molecule has 0 aromatic heterocycles. The minimum Gasteiger partial charge on any atom is -0.369 e. The molecule has 2 aromatic carbocycles. The van der Waals surface area contributed by atoms with Gasteiger partial charge in [-0.15, -0.1) is 0 Å². The van der Waals surface area contributed by atoms with Crippen LogP contribution in [0.4, 0.5) is 5.69 Å². The molecular formula is C15H15N3. The van der Waals surface area contributed by atoms with Crippen molar-refractivity contribution in [3.8, 4) is 0 Å². The van der Waals surface area contributed by atoms with Gasteiger partial charge in [-0.3, -0.25) is 0 Å². The summed E-state index contributed by atoms with van der Waals surface area (Å²) in [5, 5.41) is 0. The largest absolute Gasteiger partial charge is 0.369 e. The molecule has 18 heavy (non-hydrogen) atoms. The first-order valence-corrected chi connectivity index (χ1v) is 6.04. The zero-order chi connectivity index (χ0) is 12.4. The third-order valence-electron chi connectivity index (χ3n) is 3.16. The minimum atomic E-state index is 0.581. The first-order chi connectivity index (χ1) is 8.83. The number of hydrogen-bond acceptors (Lipinski definition) is 1. The van der Waals surface area contributed by atoms with Gasteiger partial charge in [-0.25, -0.2) is 4.99 Å². The Labute approximate surface area is 107 Å². The number of rotatable bonds is 1. The van der Waals surface area contributed by atoms with Gasteiger partial charge >= 0.3 is 0 Å². The average molecular weight is 237 g/mol. The van der Waals surface area contributed by atoms with Crippen LogP contribution in [0.15, 0.2) is 59.6 Å². The lowest BCUT2D eigenvalue weighted by Gasteiger charge is -2.15. The Balaban J connectivity index is 1.80. The smallest absolute Gasteiger partial charge is 0.197 e. The van der Waals surface area contributed by atoms with Crippen LogP contribution in [0.1, 0.15) is 11.1 Å². The number of fused-ring (bicyclic) bond motifs is 1. The van der Waals surface area contributed by atoms with Gasteiger partial charge in [0.2, 0.25) is 0 Å². The number of aliphatic imine (C=N–C) groups is 1. The lowest BCUT2D eigenvalue weighted by molar-refractivity contribution is 0.442. The van der Waals surface area contributed by atoms with Crippen LogP contribution < -0.4 is 5.73 Å². The highest BCUT2D eigenvalue weighted by atomic mass is 15.3. The molecule has 0 saturated heterocycles. The van der Waals surface area contributed by atoms with E-state index in [4.69, 9.17) is 5.73 Å². The van der Waals surface area contributed by atoms with Crippen molar-refractivity contribution in [3.63, 3.8) is 0 Å². The van der Waals surface area contributed by atoms with E-state index in [2.05, 4.69) is 34.2 Å². The van der Waals surface area contributed by atoms with Crippen molar-refractivity contribution in [1.82, 2.24) is 4.90 Å². The molecule has 0 bridgehead atoms. The third-order valence-corrected chi connectivity index (χ3v) is 3.16. The van der Waals surface area contributed by atoms with Crippen LogP contribution in [0.2, 0.25) is 0 Å². The van der Waals surface area contributed by atoms with E-state index in [1.54, 1.807) is 0 Å². The fourth-order valence-corrected chi connectivity index (χ4v) is 2.20. The van der Waals surface area contributed by atoms with Gasteiger partial charge in [-0.1, -0.05) is 42.5 Å². The maximum atomic E-state index is 6.07. The van der Waals surface area contributed by atoms with E-state index in [1.165, 1.54) is 11.1 Å². The molecular weight excluding hydrogens is 222 g/mol. The fraction of sp³-hybridized carbons (Fsp3) is 0.133. The topological polar surface area (TPSA) is 41.6 Å². The van der Waals surface area contributed by atoms with Crippen molar-refractivity contribution >= 4 is 11.6 Å². The summed E-state index contributed by atoms with van der Waals surface area (Å²) in [7, 11) is 0. The molecule has 0 spiro atoms. The van der Waals surface area contributed by atoms with Crippen LogP contribution >= 0.6 is 0 Å². The standard InChI is InChI=1S/C15H15N3/c16-15(17-14-8-2-1-3-9-14)18-10-12-6-4-5-7-13(12)11-18/h1-9H,10-11H2,(H2,16,17). The predicted octanol–water partition coefficient (Wildman–Crippen LogP) is 2.65. The summed E-state index contributed by atoms with van der Waals surface area (Å²) < 4.78 is 0. The summed E-state index contributed by atoms with van der Waals surface area (Å²) in [6, 6.07) is 18.2. The molecule has 0 fully saturated rings. The molecule has 3 rings (SSSR count). The number of para-hydroxylation sites is 1. The molecule has 0 aliphatic carbocycles. The summed E-state index contributed by atoms with van der Waals surface area (Å²) in [4.78, 5) is 6.54. The van der Waals surface area contributed by atoms with E-state index in [1.807, 2.05) is 30.3 Å². The van der Waals surface area contributed by atoms with Gasteiger partial charge in [0.15, 0.2) is 5.96 Å². The second-order valence-corrected chi connectivity index (χ2v) is 4.43. The highest BCUT2D eigenvalue weighted by molar-refractivity contribution is 5.81. The third kappa shape index (κ3) is 2.07. The van der Waals surface area contributed by atoms with Crippen molar-refractivity contribution in [2.24, 2.45) is 10.7 Å². The van der Waals surface area contributed by atoms with E-state index >= 15 is 0 Å². The van der Waals surface area contributed by atoms with Gasteiger partial charge in [0.1, 0.15) is 0 Å². The van der Waals surface area contributed by atoms with E-state index in [-0.39, 0.29) is 0 Å². The molecule has 2 N–H and O–H groups in total. The summed E-state index contributed by atoms with van der Waals surface area (Å²) in [6.07, 6.45) is 0. The zero-order valence-corrected chi connectivity index (χ0v) is 10.1. The molecule has 2 aromatic rings. The lowest BCUT2D eigenvalue weighted by atomic mass is 10.1. The van der Waals surface area contributed by atoms with Gasteiger partial charge in [0.25, 0.3) is 0 Å². The number of nitrogens with zero attached hydrogens (tertiary/aromatic N) is 2.